The molecule has 7 nitrogen and oxygen atoms in total. The molecule has 0 radical (unpaired) electrons. The van der Waals surface area contributed by atoms with Crippen LogP contribution in [0.4, 0.5) is 11.4 Å². The van der Waals surface area contributed by atoms with Crippen molar-refractivity contribution in [1.29, 1.82) is 0 Å². The average Bonchev–Trinajstić information content (AvgIpc) is 2.75. The van der Waals surface area contributed by atoms with Crippen molar-refractivity contribution in [3.05, 3.63) is 94.0 Å². The monoisotopic (exact) mass is 405 g/mol. The lowest BCUT2D eigenvalue weighted by atomic mass is 10.2. The Labute approximate surface area is 175 Å². The molecule has 0 saturated carbocycles. The number of hydrazone groups is 1. The highest BCUT2D eigenvalue weighted by Crippen LogP contribution is 2.17. The van der Waals surface area contributed by atoms with Gasteiger partial charge in [0.1, 0.15) is 11.5 Å². The van der Waals surface area contributed by atoms with Gasteiger partial charge < -0.3 is 9.47 Å². The highest BCUT2D eigenvalue weighted by Gasteiger charge is 2.03. The minimum Gasteiger partial charge on any atom is -0.493 e. The number of hydrogen-bond acceptors (Lipinski definition) is 6. The summed E-state index contributed by atoms with van der Waals surface area (Å²) in [5.41, 5.74) is 5.54. The minimum absolute atomic E-state index is 0.0404. The molecule has 3 aromatic carbocycles. The van der Waals surface area contributed by atoms with Gasteiger partial charge >= 0.3 is 0 Å². The van der Waals surface area contributed by atoms with E-state index in [2.05, 4.69) is 10.5 Å². The Bertz CT molecular complexity index is 1000. The molecule has 0 aliphatic heterocycles. The fraction of sp³-hybridized carbons (Fsp3) is 0.174. The maximum absolute atomic E-state index is 10.7. The molecule has 0 atom stereocenters. The predicted octanol–water partition coefficient (Wildman–Crippen LogP) is 5.20. The molecule has 0 aromatic heterocycles. The van der Waals surface area contributed by atoms with Crippen molar-refractivity contribution in [1.82, 2.24) is 0 Å². The summed E-state index contributed by atoms with van der Waals surface area (Å²) in [6.07, 6.45) is 2.43. The van der Waals surface area contributed by atoms with Gasteiger partial charge in [-0.15, -0.1) is 0 Å². The number of rotatable bonds is 10. The van der Waals surface area contributed by atoms with Crippen molar-refractivity contribution in [2.75, 3.05) is 18.6 Å². The van der Waals surface area contributed by atoms with Crippen LogP contribution in [0.2, 0.25) is 0 Å². The van der Waals surface area contributed by atoms with Crippen LogP contribution in [0.5, 0.6) is 11.5 Å². The predicted molar refractivity (Wildman–Crippen MR) is 118 cm³/mol. The van der Waals surface area contributed by atoms with Crippen molar-refractivity contribution in [2.24, 2.45) is 5.10 Å². The Kier molecular flexibility index (Phi) is 7.38. The molecule has 0 fully saturated rings. The lowest BCUT2D eigenvalue weighted by molar-refractivity contribution is -0.384. The lowest BCUT2D eigenvalue weighted by Gasteiger charge is -2.10. The fourth-order valence-corrected chi connectivity index (χ4v) is 2.67. The molecule has 0 unspecified atom stereocenters. The fourth-order valence-electron chi connectivity index (χ4n) is 2.67. The number of nitrogens with one attached hydrogen (secondary N) is 1. The van der Waals surface area contributed by atoms with Crippen LogP contribution in [-0.4, -0.2) is 24.4 Å². The van der Waals surface area contributed by atoms with Gasteiger partial charge in [-0.1, -0.05) is 30.3 Å². The maximum Gasteiger partial charge on any atom is 0.269 e. The molecule has 0 aliphatic rings. The Morgan fingerprint density at radius 2 is 1.77 bits per heavy atom. The second-order valence-electron chi connectivity index (χ2n) is 6.56. The van der Waals surface area contributed by atoms with E-state index in [9.17, 15) is 10.1 Å². The third kappa shape index (κ3) is 6.34. The van der Waals surface area contributed by atoms with Gasteiger partial charge in [0.15, 0.2) is 0 Å². The molecule has 0 aliphatic carbocycles. The largest absolute Gasteiger partial charge is 0.493 e. The molecule has 0 bridgehead atoms. The van der Waals surface area contributed by atoms with Gasteiger partial charge in [0.05, 0.1) is 30.0 Å². The molecule has 1 N–H and O–H groups in total. The number of benzene rings is 3. The van der Waals surface area contributed by atoms with Crippen LogP contribution < -0.4 is 14.9 Å². The number of nitro groups is 1. The average molecular weight is 405 g/mol. The Morgan fingerprint density at radius 1 is 1.00 bits per heavy atom. The molecule has 0 saturated heterocycles. The van der Waals surface area contributed by atoms with Crippen molar-refractivity contribution >= 4 is 17.6 Å². The maximum atomic E-state index is 10.7. The molecule has 0 heterocycles. The van der Waals surface area contributed by atoms with E-state index < -0.39 is 4.92 Å². The molecule has 3 rings (SSSR count). The highest BCUT2D eigenvalue weighted by molar-refractivity contribution is 5.80. The molecule has 30 heavy (non-hydrogen) atoms. The van der Waals surface area contributed by atoms with Crippen molar-refractivity contribution < 1.29 is 14.4 Å². The van der Waals surface area contributed by atoms with Gasteiger partial charge in [0.2, 0.25) is 0 Å². The zero-order valence-corrected chi connectivity index (χ0v) is 16.7. The van der Waals surface area contributed by atoms with E-state index in [1.54, 1.807) is 18.3 Å². The zero-order chi connectivity index (χ0) is 21.2. The van der Waals surface area contributed by atoms with Gasteiger partial charge in [0, 0.05) is 18.6 Å². The van der Waals surface area contributed by atoms with Gasteiger partial charge in [-0.05, 0) is 48.4 Å². The molecular formula is C23H23N3O4. The normalized spacial score (nSPS) is 10.7. The van der Waals surface area contributed by atoms with Gasteiger partial charge in [0.25, 0.3) is 5.69 Å². The number of non-ortho nitro benzene ring substituents is 1. The van der Waals surface area contributed by atoms with Crippen LogP contribution in [0.25, 0.3) is 0 Å². The van der Waals surface area contributed by atoms with Gasteiger partial charge in [-0.3, -0.25) is 15.5 Å². The second kappa shape index (κ2) is 10.6. The molecule has 7 heteroatoms. The summed E-state index contributed by atoms with van der Waals surface area (Å²) in [7, 11) is 0. The molecule has 154 valence electrons. The molecule has 3 aromatic rings. The number of ether oxygens (including phenoxy) is 2. The Balaban J connectivity index is 1.43. The van der Waals surface area contributed by atoms with Gasteiger partial charge in [-0.2, -0.15) is 5.10 Å². The zero-order valence-electron chi connectivity index (χ0n) is 16.7. The SMILES string of the molecule is Cc1ccccc1OCCCOc1cccc(C=NNc2ccc([N+](=O)[O-])cc2)c1. The van der Waals surface area contributed by atoms with Crippen LogP contribution in [-0.2, 0) is 0 Å². The first-order chi connectivity index (χ1) is 14.6. The van der Waals surface area contributed by atoms with E-state index in [4.69, 9.17) is 9.47 Å². The summed E-state index contributed by atoms with van der Waals surface area (Å²) in [4.78, 5) is 10.2. The van der Waals surface area contributed by atoms with E-state index in [1.165, 1.54) is 12.1 Å². The van der Waals surface area contributed by atoms with Gasteiger partial charge in [-0.25, -0.2) is 0 Å². The van der Waals surface area contributed by atoms with Crippen LogP contribution in [0, 0.1) is 17.0 Å². The summed E-state index contributed by atoms with van der Waals surface area (Å²) < 4.78 is 11.6. The van der Waals surface area contributed by atoms with Crippen LogP contribution in [0.3, 0.4) is 0 Å². The number of anilines is 1. The van der Waals surface area contributed by atoms with Crippen molar-refractivity contribution in [3.8, 4) is 11.5 Å². The third-order valence-corrected chi connectivity index (χ3v) is 4.25. The van der Waals surface area contributed by atoms with Crippen LogP contribution in [0.15, 0.2) is 77.9 Å². The lowest BCUT2D eigenvalue weighted by Crippen LogP contribution is -2.05. The second-order valence-corrected chi connectivity index (χ2v) is 6.56. The van der Waals surface area contributed by atoms with E-state index in [0.29, 0.717) is 18.9 Å². The minimum atomic E-state index is -0.437. The molecule has 0 spiro atoms. The summed E-state index contributed by atoms with van der Waals surface area (Å²) in [5.74, 6) is 1.65. The summed E-state index contributed by atoms with van der Waals surface area (Å²) in [5, 5.41) is 14.8. The first kappa shape index (κ1) is 20.9. The Hall–Kier alpha value is -3.87. The standard InChI is InChI=1S/C23H23N3O4/c1-18-6-2-3-9-23(18)30-15-5-14-29-22-8-4-7-19(16-22)17-24-25-20-10-12-21(13-11-20)26(27)28/h2-4,6-13,16-17,25H,5,14-15H2,1H3. The van der Waals surface area contributed by atoms with Crippen LogP contribution >= 0.6 is 0 Å². The van der Waals surface area contributed by atoms with Crippen LogP contribution in [0.1, 0.15) is 17.5 Å². The first-order valence-corrected chi connectivity index (χ1v) is 9.56. The highest BCUT2D eigenvalue weighted by atomic mass is 16.6. The van der Waals surface area contributed by atoms with Crippen molar-refractivity contribution in [3.63, 3.8) is 0 Å². The van der Waals surface area contributed by atoms with Crippen molar-refractivity contribution in [2.45, 2.75) is 13.3 Å². The number of aryl methyl sites for hydroxylation is 1. The summed E-state index contributed by atoms with van der Waals surface area (Å²) >= 11 is 0. The van der Waals surface area contributed by atoms with E-state index in [0.717, 1.165) is 29.0 Å². The number of hydrogen-bond donors (Lipinski definition) is 1. The van der Waals surface area contributed by atoms with E-state index in [1.807, 2.05) is 55.5 Å². The number of nitrogens with zero attached hydrogens (tertiary/aromatic N) is 2. The first-order valence-electron chi connectivity index (χ1n) is 9.56. The summed E-state index contributed by atoms with van der Waals surface area (Å²) in [6, 6.07) is 21.6. The summed E-state index contributed by atoms with van der Waals surface area (Å²) in [6.45, 7) is 3.16. The molecular weight excluding hydrogens is 382 g/mol. The topological polar surface area (TPSA) is 86.0 Å². The molecule has 0 amide bonds. The smallest absolute Gasteiger partial charge is 0.269 e. The van der Waals surface area contributed by atoms with E-state index >= 15 is 0 Å². The van der Waals surface area contributed by atoms with E-state index in [-0.39, 0.29) is 5.69 Å². The quantitative estimate of drug-likeness (QED) is 0.217. The number of nitro benzene ring substituents is 1. The number of para-hydroxylation sites is 1. The Morgan fingerprint density at radius 3 is 2.53 bits per heavy atom. The third-order valence-electron chi connectivity index (χ3n) is 4.25.